The molecule has 1 aromatic heterocycles. The molecule has 0 saturated carbocycles. The Balaban J connectivity index is 2.32. The second kappa shape index (κ2) is 6.32. The molecule has 0 radical (unpaired) electrons. The van der Waals surface area contributed by atoms with Crippen LogP contribution in [0.4, 0.5) is 0 Å². The lowest BCUT2D eigenvalue weighted by molar-refractivity contribution is 0.0517. The van der Waals surface area contributed by atoms with Gasteiger partial charge in [0.2, 0.25) is 0 Å². The SMILES string of the molecule is CCOC(=O)c1nnn(Cc2ccccc2)c1C(C)C. The van der Waals surface area contributed by atoms with Crippen molar-refractivity contribution >= 4 is 5.97 Å². The van der Waals surface area contributed by atoms with Gasteiger partial charge in [-0.1, -0.05) is 49.4 Å². The van der Waals surface area contributed by atoms with Crippen molar-refractivity contribution in [1.29, 1.82) is 0 Å². The van der Waals surface area contributed by atoms with Crippen LogP contribution in [0.15, 0.2) is 30.3 Å². The minimum atomic E-state index is -0.407. The van der Waals surface area contributed by atoms with E-state index >= 15 is 0 Å². The molecule has 5 heteroatoms. The second-order valence-corrected chi connectivity index (χ2v) is 4.84. The Morgan fingerprint density at radius 2 is 2.00 bits per heavy atom. The number of esters is 1. The highest BCUT2D eigenvalue weighted by Crippen LogP contribution is 2.19. The summed E-state index contributed by atoms with van der Waals surface area (Å²) in [6.45, 7) is 6.75. The first kappa shape index (κ1) is 14.2. The zero-order valence-electron chi connectivity index (χ0n) is 12.0. The smallest absolute Gasteiger partial charge is 0.360 e. The fraction of sp³-hybridized carbons (Fsp3) is 0.400. The summed E-state index contributed by atoms with van der Waals surface area (Å²) in [5.41, 5.74) is 2.25. The van der Waals surface area contributed by atoms with Gasteiger partial charge in [0.25, 0.3) is 0 Å². The Morgan fingerprint density at radius 1 is 1.30 bits per heavy atom. The fourth-order valence-corrected chi connectivity index (χ4v) is 2.11. The number of rotatable bonds is 5. The lowest BCUT2D eigenvalue weighted by Crippen LogP contribution is -2.12. The van der Waals surface area contributed by atoms with Crippen LogP contribution in [-0.4, -0.2) is 27.6 Å². The maximum absolute atomic E-state index is 11.9. The number of benzene rings is 1. The summed E-state index contributed by atoms with van der Waals surface area (Å²) in [6.07, 6.45) is 0. The standard InChI is InChI=1S/C15H19N3O2/c1-4-20-15(19)13-14(11(2)3)18(17-16-13)10-12-8-6-5-7-9-12/h5-9,11H,4,10H2,1-3H3. The van der Waals surface area contributed by atoms with Gasteiger partial charge in [-0.2, -0.15) is 0 Å². The summed E-state index contributed by atoms with van der Waals surface area (Å²) >= 11 is 0. The largest absolute Gasteiger partial charge is 0.461 e. The van der Waals surface area contributed by atoms with E-state index in [0.717, 1.165) is 11.3 Å². The number of nitrogens with zero attached hydrogens (tertiary/aromatic N) is 3. The van der Waals surface area contributed by atoms with Crippen molar-refractivity contribution in [2.45, 2.75) is 33.2 Å². The van der Waals surface area contributed by atoms with Crippen molar-refractivity contribution in [2.75, 3.05) is 6.61 Å². The van der Waals surface area contributed by atoms with Gasteiger partial charge < -0.3 is 4.74 Å². The highest BCUT2D eigenvalue weighted by atomic mass is 16.5. The maximum atomic E-state index is 11.9. The van der Waals surface area contributed by atoms with E-state index in [1.807, 2.05) is 44.2 Å². The van der Waals surface area contributed by atoms with E-state index in [4.69, 9.17) is 4.74 Å². The third-order valence-corrected chi connectivity index (χ3v) is 2.96. The zero-order chi connectivity index (χ0) is 14.5. The van der Waals surface area contributed by atoms with E-state index in [9.17, 15) is 4.79 Å². The molecule has 0 N–H and O–H groups in total. The molecule has 0 saturated heterocycles. The van der Waals surface area contributed by atoms with Gasteiger partial charge >= 0.3 is 5.97 Å². The van der Waals surface area contributed by atoms with Crippen LogP contribution in [0.1, 0.15) is 48.4 Å². The molecule has 0 spiro atoms. The molecule has 0 aliphatic heterocycles. The average molecular weight is 273 g/mol. The van der Waals surface area contributed by atoms with Gasteiger partial charge in [0, 0.05) is 0 Å². The molecule has 0 fully saturated rings. The first-order chi connectivity index (χ1) is 9.63. The third kappa shape index (κ3) is 3.04. The molecule has 0 atom stereocenters. The van der Waals surface area contributed by atoms with Crippen molar-refractivity contribution in [2.24, 2.45) is 0 Å². The molecule has 2 rings (SSSR count). The highest BCUT2D eigenvalue weighted by Gasteiger charge is 2.22. The quantitative estimate of drug-likeness (QED) is 0.786. The molecule has 0 amide bonds. The fourth-order valence-electron chi connectivity index (χ4n) is 2.11. The van der Waals surface area contributed by atoms with E-state index in [2.05, 4.69) is 10.3 Å². The predicted molar refractivity (Wildman–Crippen MR) is 75.6 cm³/mol. The van der Waals surface area contributed by atoms with Gasteiger partial charge in [-0.3, -0.25) is 0 Å². The molecule has 20 heavy (non-hydrogen) atoms. The van der Waals surface area contributed by atoms with Gasteiger partial charge in [-0.05, 0) is 18.4 Å². The van der Waals surface area contributed by atoms with E-state index < -0.39 is 5.97 Å². The predicted octanol–water partition coefficient (Wildman–Crippen LogP) is 2.63. The molecule has 1 aromatic carbocycles. The van der Waals surface area contributed by atoms with Gasteiger partial charge in [-0.15, -0.1) is 5.10 Å². The number of hydrogen-bond donors (Lipinski definition) is 0. The molecule has 5 nitrogen and oxygen atoms in total. The van der Waals surface area contributed by atoms with Gasteiger partial charge in [0.05, 0.1) is 18.8 Å². The third-order valence-electron chi connectivity index (χ3n) is 2.96. The first-order valence-electron chi connectivity index (χ1n) is 6.78. The molecular formula is C15H19N3O2. The summed E-state index contributed by atoms with van der Waals surface area (Å²) < 4.78 is 6.80. The van der Waals surface area contributed by atoms with Crippen LogP contribution in [0.25, 0.3) is 0 Å². The summed E-state index contributed by atoms with van der Waals surface area (Å²) in [4.78, 5) is 11.9. The van der Waals surface area contributed by atoms with E-state index in [-0.39, 0.29) is 5.92 Å². The van der Waals surface area contributed by atoms with E-state index in [1.165, 1.54) is 0 Å². The molecular weight excluding hydrogens is 254 g/mol. The number of aromatic nitrogens is 3. The Morgan fingerprint density at radius 3 is 2.60 bits per heavy atom. The van der Waals surface area contributed by atoms with Crippen LogP contribution in [-0.2, 0) is 11.3 Å². The van der Waals surface area contributed by atoms with Gasteiger partial charge in [0.15, 0.2) is 5.69 Å². The molecule has 0 aliphatic rings. The van der Waals surface area contributed by atoms with Crippen molar-refractivity contribution in [3.63, 3.8) is 0 Å². The monoisotopic (exact) mass is 273 g/mol. The van der Waals surface area contributed by atoms with Crippen LogP contribution in [0.3, 0.4) is 0 Å². The Hall–Kier alpha value is -2.17. The summed E-state index contributed by atoms with van der Waals surface area (Å²) in [6, 6.07) is 9.98. The maximum Gasteiger partial charge on any atom is 0.360 e. The Labute approximate surface area is 118 Å². The number of carbonyl (C=O) groups is 1. The zero-order valence-corrected chi connectivity index (χ0v) is 12.0. The summed E-state index contributed by atoms with van der Waals surface area (Å²) in [7, 11) is 0. The molecule has 0 unspecified atom stereocenters. The number of hydrogen-bond acceptors (Lipinski definition) is 4. The minimum absolute atomic E-state index is 0.146. The highest BCUT2D eigenvalue weighted by molar-refractivity contribution is 5.88. The van der Waals surface area contributed by atoms with Gasteiger partial charge in [0.1, 0.15) is 0 Å². The Bertz CT molecular complexity index is 576. The molecule has 106 valence electrons. The molecule has 0 aliphatic carbocycles. The van der Waals surface area contributed by atoms with E-state index in [0.29, 0.717) is 18.8 Å². The van der Waals surface area contributed by atoms with Crippen LogP contribution in [0.5, 0.6) is 0 Å². The van der Waals surface area contributed by atoms with Crippen LogP contribution >= 0.6 is 0 Å². The van der Waals surface area contributed by atoms with Crippen LogP contribution < -0.4 is 0 Å². The lowest BCUT2D eigenvalue weighted by atomic mass is 10.1. The first-order valence-corrected chi connectivity index (χ1v) is 6.78. The summed E-state index contributed by atoms with van der Waals surface area (Å²) in [5.74, 6) is -0.261. The molecule has 2 aromatic rings. The van der Waals surface area contributed by atoms with Gasteiger partial charge in [-0.25, -0.2) is 9.48 Å². The second-order valence-electron chi connectivity index (χ2n) is 4.84. The normalized spacial score (nSPS) is 10.8. The van der Waals surface area contributed by atoms with Crippen LogP contribution in [0.2, 0.25) is 0 Å². The Kier molecular flexibility index (Phi) is 4.50. The number of carbonyl (C=O) groups excluding carboxylic acids is 1. The molecule has 0 bridgehead atoms. The van der Waals surface area contributed by atoms with Crippen molar-refractivity contribution in [1.82, 2.24) is 15.0 Å². The average Bonchev–Trinajstić information content (AvgIpc) is 2.84. The van der Waals surface area contributed by atoms with E-state index in [1.54, 1.807) is 11.6 Å². The van der Waals surface area contributed by atoms with Crippen molar-refractivity contribution in [3.8, 4) is 0 Å². The number of ether oxygens (including phenoxy) is 1. The topological polar surface area (TPSA) is 57.0 Å². The van der Waals surface area contributed by atoms with Crippen molar-refractivity contribution in [3.05, 3.63) is 47.3 Å². The van der Waals surface area contributed by atoms with Crippen LogP contribution in [0, 0.1) is 0 Å². The lowest BCUT2D eigenvalue weighted by Gasteiger charge is -2.10. The van der Waals surface area contributed by atoms with Crippen molar-refractivity contribution < 1.29 is 9.53 Å². The molecule has 1 heterocycles. The minimum Gasteiger partial charge on any atom is -0.461 e. The summed E-state index contributed by atoms with van der Waals surface area (Å²) in [5, 5.41) is 8.09.